The lowest BCUT2D eigenvalue weighted by Gasteiger charge is -2.45. The Labute approximate surface area is 260 Å². The van der Waals surface area contributed by atoms with Crippen molar-refractivity contribution in [3.63, 3.8) is 0 Å². The smallest absolute Gasteiger partial charge is 0.264 e. The molecule has 8 nitrogen and oxygen atoms in total. The van der Waals surface area contributed by atoms with Crippen LogP contribution in [0.5, 0.6) is 5.75 Å². The Morgan fingerprint density at radius 2 is 1.86 bits per heavy atom. The van der Waals surface area contributed by atoms with E-state index in [2.05, 4.69) is 14.9 Å². The van der Waals surface area contributed by atoms with Gasteiger partial charge in [-0.25, -0.2) is 13.1 Å². The normalized spacial score (nSPS) is 26.3. The Balaban J connectivity index is 1.53. The predicted molar refractivity (Wildman–Crippen MR) is 170 cm³/mol. The summed E-state index contributed by atoms with van der Waals surface area (Å²) in [6.45, 7) is 5.32. The molecule has 2 aliphatic heterocycles. The molecule has 5 rings (SSSR count). The number of benzene rings is 2. The van der Waals surface area contributed by atoms with E-state index in [0.717, 1.165) is 75.7 Å². The van der Waals surface area contributed by atoms with Crippen molar-refractivity contribution < 1.29 is 22.7 Å². The number of amides is 2. The van der Waals surface area contributed by atoms with Crippen LogP contribution in [-0.2, 0) is 27.8 Å². The fourth-order valence-corrected chi connectivity index (χ4v) is 8.61. The summed E-state index contributed by atoms with van der Waals surface area (Å²) in [5.74, 6) is 0.752. The van der Waals surface area contributed by atoms with Crippen LogP contribution in [-0.4, -0.2) is 44.6 Å². The Hall–Kier alpha value is -2.78. The van der Waals surface area contributed by atoms with E-state index >= 15 is 0 Å². The fourth-order valence-electron chi connectivity index (χ4n) is 6.95. The highest BCUT2D eigenvalue weighted by atomic mass is 35.5. The summed E-state index contributed by atoms with van der Waals surface area (Å²) < 4.78 is 35.3. The number of rotatable bonds is 2. The first-order chi connectivity index (χ1) is 20.6. The molecule has 2 aromatic rings. The Morgan fingerprint density at radius 3 is 2.60 bits per heavy atom. The maximum atomic E-state index is 13.4. The summed E-state index contributed by atoms with van der Waals surface area (Å²) in [6.07, 6.45) is 8.17. The zero-order chi connectivity index (χ0) is 30.6. The number of hydrogen-bond acceptors (Lipinski definition) is 6. The van der Waals surface area contributed by atoms with Crippen molar-refractivity contribution in [1.29, 1.82) is 0 Å². The van der Waals surface area contributed by atoms with Gasteiger partial charge in [-0.2, -0.15) is 0 Å². The molecule has 0 unspecified atom stereocenters. The minimum atomic E-state index is -3.86. The van der Waals surface area contributed by atoms with Crippen LogP contribution in [0.1, 0.15) is 93.1 Å². The van der Waals surface area contributed by atoms with E-state index in [-0.39, 0.29) is 11.9 Å². The summed E-state index contributed by atoms with van der Waals surface area (Å²) in [5, 5.41) is 3.27. The maximum absolute atomic E-state index is 13.4. The molecule has 2 bridgehead atoms. The molecule has 2 aromatic carbocycles. The highest BCUT2D eigenvalue weighted by Crippen LogP contribution is 2.41. The first kappa shape index (κ1) is 31.6. The van der Waals surface area contributed by atoms with Gasteiger partial charge in [0.25, 0.3) is 5.91 Å². The van der Waals surface area contributed by atoms with Gasteiger partial charge in [-0.3, -0.25) is 9.59 Å². The molecule has 10 heteroatoms. The highest BCUT2D eigenvalue weighted by Gasteiger charge is 2.39. The van der Waals surface area contributed by atoms with E-state index in [1.54, 1.807) is 25.1 Å². The zero-order valence-corrected chi connectivity index (χ0v) is 26.8. The van der Waals surface area contributed by atoms with Gasteiger partial charge in [0, 0.05) is 36.6 Å². The van der Waals surface area contributed by atoms with Crippen LogP contribution < -0.4 is 19.7 Å². The van der Waals surface area contributed by atoms with Gasteiger partial charge in [0.05, 0.1) is 10.9 Å². The van der Waals surface area contributed by atoms with Crippen molar-refractivity contribution >= 4 is 39.1 Å². The molecule has 2 heterocycles. The summed E-state index contributed by atoms with van der Waals surface area (Å²) in [5.41, 5.74) is 3.34. The second-order valence-electron chi connectivity index (χ2n) is 12.4. The standard InChI is InChI=1S/C33H44ClN3O5S/c1-3-28-9-4-5-10-30(35-22(2)38)29-15-12-25(29)20-37-17-7-6-8-23-18-27(34)14-11-26(23)21-42-32-16-13-24(19-31(32)37)33(39)36-43(28,40)41/h11,13-14,16,18-19,25,28-30H,3-10,12,15,17,20-21H2,1-2H3,(H,35,38)(H,36,39)/t25-,28+,29+,30+/m0/s1. The SMILES string of the molecule is CC[C@@H]1CCCC[C@@H](NC(C)=O)[C@@H]2CC[C@H]2CN2CCCCc3cc(Cl)ccc3COc3ccc(cc32)C(=O)NS1(=O)=O. The van der Waals surface area contributed by atoms with Crippen molar-refractivity contribution in [2.75, 3.05) is 18.0 Å². The molecule has 2 amide bonds. The number of fused-ring (bicyclic) bond motifs is 3. The molecule has 0 spiro atoms. The van der Waals surface area contributed by atoms with Crippen LogP contribution in [0.2, 0.25) is 5.02 Å². The van der Waals surface area contributed by atoms with E-state index in [0.29, 0.717) is 47.6 Å². The lowest BCUT2D eigenvalue weighted by atomic mass is 9.68. The van der Waals surface area contributed by atoms with E-state index in [1.165, 1.54) is 5.56 Å². The molecule has 0 saturated heterocycles. The van der Waals surface area contributed by atoms with Gasteiger partial charge >= 0.3 is 0 Å². The van der Waals surface area contributed by atoms with Crippen LogP contribution in [0.25, 0.3) is 0 Å². The third-order valence-electron chi connectivity index (χ3n) is 9.49. The summed E-state index contributed by atoms with van der Waals surface area (Å²) in [4.78, 5) is 27.9. The molecular formula is C33H44ClN3O5S. The Bertz CT molecular complexity index is 1430. The molecule has 234 valence electrons. The van der Waals surface area contributed by atoms with Crippen molar-refractivity contribution in [3.8, 4) is 5.75 Å². The monoisotopic (exact) mass is 629 g/mol. The number of anilines is 1. The fraction of sp³-hybridized carbons (Fsp3) is 0.576. The summed E-state index contributed by atoms with van der Waals surface area (Å²) >= 11 is 6.32. The summed E-state index contributed by atoms with van der Waals surface area (Å²) in [7, 11) is -3.86. The van der Waals surface area contributed by atoms with Gasteiger partial charge in [-0.05, 0) is 105 Å². The van der Waals surface area contributed by atoms with Crippen molar-refractivity contribution in [3.05, 3.63) is 58.1 Å². The zero-order valence-electron chi connectivity index (χ0n) is 25.2. The van der Waals surface area contributed by atoms with Crippen molar-refractivity contribution in [1.82, 2.24) is 10.0 Å². The van der Waals surface area contributed by atoms with Gasteiger partial charge in [0.1, 0.15) is 12.4 Å². The number of hydrogen-bond donors (Lipinski definition) is 2. The number of carbonyl (C=O) groups excluding carboxylic acids is 2. The van der Waals surface area contributed by atoms with Gasteiger partial charge in [-0.1, -0.05) is 37.4 Å². The molecule has 0 aromatic heterocycles. The quantitative estimate of drug-likeness (QED) is 0.422. The molecule has 3 aliphatic rings. The first-order valence-electron chi connectivity index (χ1n) is 15.8. The number of ether oxygens (including phenoxy) is 1. The van der Waals surface area contributed by atoms with Gasteiger partial charge in [0.2, 0.25) is 15.9 Å². The minimum absolute atomic E-state index is 0.0277. The Kier molecular flexibility index (Phi) is 10.2. The second kappa shape index (κ2) is 13.9. The molecule has 0 radical (unpaired) electrons. The lowest BCUT2D eigenvalue weighted by molar-refractivity contribution is -0.120. The minimum Gasteiger partial charge on any atom is -0.487 e. The van der Waals surface area contributed by atoms with Crippen LogP contribution in [0.4, 0.5) is 5.69 Å². The lowest BCUT2D eigenvalue weighted by Crippen LogP contribution is -2.50. The van der Waals surface area contributed by atoms with E-state index < -0.39 is 21.2 Å². The third kappa shape index (κ3) is 7.66. The van der Waals surface area contributed by atoms with Crippen LogP contribution >= 0.6 is 11.6 Å². The second-order valence-corrected chi connectivity index (χ2v) is 14.8. The first-order valence-corrected chi connectivity index (χ1v) is 17.7. The molecular weight excluding hydrogens is 586 g/mol. The largest absolute Gasteiger partial charge is 0.487 e. The van der Waals surface area contributed by atoms with Gasteiger partial charge < -0.3 is 15.0 Å². The molecule has 4 atom stereocenters. The van der Waals surface area contributed by atoms with E-state index in [9.17, 15) is 18.0 Å². The molecule has 43 heavy (non-hydrogen) atoms. The number of aryl methyl sites for hydroxylation is 1. The topological polar surface area (TPSA) is 105 Å². The predicted octanol–water partition coefficient (Wildman–Crippen LogP) is 6.00. The van der Waals surface area contributed by atoms with Crippen LogP contribution in [0, 0.1) is 11.8 Å². The number of nitrogens with one attached hydrogen (secondary N) is 2. The third-order valence-corrected chi connectivity index (χ3v) is 11.6. The highest BCUT2D eigenvalue weighted by molar-refractivity contribution is 7.90. The summed E-state index contributed by atoms with van der Waals surface area (Å²) in [6, 6.07) is 11.2. The number of halogens is 1. The van der Waals surface area contributed by atoms with E-state index in [1.807, 2.05) is 25.1 Å². The molecule has 1 saturated carbocycles. The molecule has 2 N–H and O–H groups in total. The average molecular weight is 630 g/mol. The van der Waals surface area contributed by atoms with Crippen LogP contribution in [0.15, 0.2) is 36.4 Å². The maximum Gasteiger partial charge on any atom is 0.264 e. The van der Waals surface area contributed by atoms with Gasteiger partial charge in [0.15, 0.2) is 0 Å². The Morgan fingerprint density at radius 1 is 1.05 bits per heavy atom. The van der Waals surface area contributed by atoms with Crippen LogP contribution in [0.3, 0.4) is 0 Å². The molecule has 1 fully saturated rings. The number of sulfonamides is 1. The molecule has 1 aliphatic carbocycles. The van der Waals surface area contributed by atoms with Crippen molar-refractivity contribution in [2.45, 2.75) is 96.0 Å². The average Bonchev–Trinajstić information content (AvgIpc) is 2.97. The van der Waals surface area contributed by atoms with Crippen molar-refractivity contribution in [2.24, 2.45) is 11.8 Å². The number of carbonyl (C=O) groups is 2. The van der Waals surface area contributed by atoms with E-state index in [4.69, 9.17) is 16.3 Å². The number of nitrogens with zero attached hydrogens (tertiary/aromatic N) is 1. The van der Waals surface area contributed by atoms with Gasteiger partial charge in [-0.15, -0.1) is 0 Å².